The number of hydrogen-bond acceptors (Lipinski definition) is 7. The first-order valence-corrected chi connectivity index (χ1v) is 12.8. The average Bonchev–Trinajstić information content (AvgIpc) is 3.41. The van der Waals surface area contributed by atoms with Gasteiger partial charge in [0.25, 0.3) is 5.91 Å². The smallest absolute Gasteiger partial charge is 0.251 e. The Morgan fingerprint density at radius 3 is 2.37 bits per heavy atom. The van der Waals surface area contributed by atoms with Crippen LogP contribution in [0.25, 0.3) is 0 Å². The number of benzene rings is 1. The fourth-order valence-corrected chi connectivity index (χ4v) is 5.33. The first-order chi connectivity index (χ1) is 16.7. The molecule has 3 N–H and O–H groups in total. The molecular formula is C26H39N5O4. The third kappa shape index (κ3) is 5.22. The number of Topliss-reactive ketones (excluding diaryl/α,β-unsaturated/α-hetero) is 1. The molecule has 9 nitrogen and oxygen atoms in total. The predicted octanol–water partition coefficient (Wildman–Crippen LogP) is 0.868. The molecule has 35 heavy (non-hydrogen) atoms. The van der Waals surface area contributed by atoms with Crippen LogP contribution in [-0.4, -0.2) is 97.0 Å². The van der Waals surface area contributed by atoms with Crippen molar-refractivity contribution in [1.29, 1.82) is 0 Å². The molecule has 3 fully saturated rings. The second-order valence-electron chi connectivity index (χ2n) is 10.3. The Morgan fingerprint density at radius 2 is 1.77 bits per heavy atom. The zero-order chi connectivity index (χ0) is 25.3. The van der Waals surface area contributed by atoms with Crippen LogP contribution in [0, 0.1) is 5.92 Å². The van der Waals surface area contributed by atoms with E-state index in [2.05, 4.69) is 29.0 Å². The molecule has 3 aliphatic heterocycles. The van der Waals surface area contributed by atoms with Gasteiger partial charge in [0, 0.05) is 50.0 Å². The number of nitrogens with two attached hydrogens (primary N) is 1. The molecule has 9 heteroatoms. The van der Waals surface area contributed by atoms with E-state index in [0.717, 1.165) is 31.9 Å². The highest BCUT2D eigenvalue weighted by Crippen LogP contribution is 2.28. The third-order valence-electron chi connectivity index (χ3n) is 7.81. The van der Waals surface area contributed by atoms with E-state index >= 15 is 0 Å². The van der Waals surface area contributed by atoms with Gasteiger partial charge in [-0.1, -0.05) is 20.3 Å². The molecule has 0 radical (unpaired) electrons. The molecular weight excluding hydrogens is 446 g/mol. The van der Waals surface area contributed by atoms with Crippen LogP contribution in [0.4, 0.5) is 5.69 Å². The van der Waals surface area contributed by atoms with Gasteiger partial charge in [0.1, 0.15) is 24.8 Å². The van der Waals surface area contributed by atoms with Gasteiger partial charge in [0.15, 0.2) is 5.78 Å². The second-order valence-corrected chi connectivity index (χ2v) is 10.3. The minimum absolute atomic E-state index is 0.0218. The molecule has 0 bridgehead atoms. The monoisotopic (exact) mass is 485 g/mol. The Morgan fingerprint density at radius 1 is 1.11 bits per heavy atom. The summed E-state index contributed by atoms with van der Waals surface area (Å²) in [7, 11) is 0. The summed E-state index contributed by atoms with van der Waals surface area (Å²) in [5.41, 5.74) is 7.74. The molecule has 0 spiro atoms. The molecule has 0 unspecified atom stereocenters. The topological polar surface area (TPSA) is 108 Å². The number of ketones is 1. The Bertz CT molecular complexity index is 928. The Hall–Kier alpha value is -2.49. The van der Waals surface area contributed by atoms with E-state index < -0.39 is 24.2 Å². The molecule has 3 heterocycles. The molecule has 0 aromatic heterocycles. The van der Waals surface area contributed by atoms with Crippen LogP contribution in [0.5, 0.6) is 0 Å². The number of nitrogens with zero attached hydrogens (tertiary/aromatic N) is 3. The highest BCUT2D eigenvalue weighted by Gasteiger charge is 2.52. The number of likely N-dealkylation sites (tertiary alicyclic amines) is 1. The SMILES string of the molecule is CC[C@H](C)[C@H](NC(=O)c1ccc(N2CCN(C(C)C)CC2)cc1)C(=O)N1C[C@H](N)[C@H]2OCC(=O)[C@H]21. The highest BCUT2D eigenvalue weighted by atomic mass is 16.5. The maximum absolute atomic E-state index is 13.5. The van der Waals surface area contributed by atoms with Gasteiger partial charge in [-0.25, -0.2) is 0 Å². The predicted molar refractivity (Wildman–Crippen MR) is 134 cm³/mol. The molecule has 3 aliphatic rings. The number of piperazine rings is 1. The zero-order valence-corrected chi connectivity index (χ0v) is 21.3. The van der Waals surface area contributed by atoms with Gasteiger partial charge >= 0.3 is 0 Å². The molecule has 4 rings (SSSR count). The van der Waals surface area contributed by atoms with E-state index in [1.165, 1.54) is 4.90 Å². The quantitative estimate of drug-likeness (QED) is 0.590. The fourth-order valence-electron chi connectivity index (χ4n) is 5.33. The number of carbonyl (C=O) groups excluding carboxylic acids is 3. The van der Waals surface area contributed by atoms with Crippen LogP contribution in [0.3, 0.4) is 0 Å². The van der Waals surface area contributed by atoms with Crippen molar-refractivity contribution in [3.8, 4) is 0 Å². The maximum atomic E-state index is 13.5. The molecule has 2 amide bonds. The zero-order valence-electron chi connectivity index (χ0n) is 21.3. The van der Waals surface area contributed by atoms with E-state index in [-0.39, 0.29) is 36.7 Å². The van der Waals surface area contributed by atoms with Crippen LogP contribution in [0.2, 0.25) is 0 Å². The molecule has 1 aromatic rings. The first-order valence-electron chi connectivity index (χ1n) is 12.8. The summed E-state index contributed by atoms with van der Waals surface area (Å²) in [4.78, 5) is 45.3. The van der Waals surface area contributed by atoms with Crippen LogP contribution < -0.4 is 16.0 Å². The largest absolute Gasteiger partial charge is 0.369 e. The van der Waals surface area contributed by atoms with Gasteiger partial charge in [-0.05, 0) is 44.0 Å². The van der Waals surface area contributed by atoms with Crippen LogP contribution in [-0.2, 0) is 14.3 Å². The van der Waals surface area contributed by atoms with Gasteiger partial charge < -0.3 is 25.6 Å². The molecule has 5 atom stereocenters. The summed E-state index contributed by atoms with van der Waals surface area (Å²) >= 11 is 0. The summed E-state index contributed by atoms with van der Waals surface area (Å²) in [5, 5.41) is 2.94. The lowest BCUT2D eigenvalue weighted by molar-refractivity contribution is -0.139. The van der Waals surface area contributed by atoms with E-state index in [9.17, 15) is 14.4 Å². The number of rotatable bonds is 7. The highest BCUT2D eigenvalue weighted by molar-refractivity contribution is 5.99. The number of ether oxygens (including phenoxy) is 1. The maximum Gasteiger partial charge on any atom is 0.251 e. The van der Waals surface area contributed by atoms with Crippen molar-refractivity contribution in [1.82, 2.24) is 15.1 Å². The summed E-state index contributed by atoms with van der Waals surface area (Å²) in [6.07, 6.45) is 0.242. The van der Waals surface area contributed by atoms with E-state index in [1.807, 2.05) is 38.1 Å². The minimum atomic E-state index is -0.740. The van der Waals surface area contributed by atoms with Crippen molar-refractivity contribution in [3.05, 3.63) is 29.8 Å². The molecule has 0 saturated carbocycles. The lowest BCUT2D eigenvalue weighted by atomic mass is 9.96. The minimum Gasteiger partial charge on any atom is -0.369 e. The number of amides is 2. The molecule has 0 aliphatic carbocycles. The van der Waals surface area contributed by atoms with Crippen molar-refractivity contribution in [2.45, 2.75) is 64.4 Å². The molecule has 3 saturated heterocycles. The Labute approximate surface area is 207 Å². The third-order valence-corrected chi connectivity index (χ3v) is 7.81. The van der Waals surface area contributed by atoms with Crippen LogP contribution >= 0.6 is 0 Å². The number of anilines is 1. The van der Waals surface area contributed by atoms with E-state index in [1.54, 1.807) is 0 Å². The van der Waals surface area contributed by atoms with Crippen LogP contribution in [0.1, 0.15) is 44.5 Å². The van der Waals surface area contributed by atoms with Crippen molar-refractivity contribution in [2.75, 3.05) is 44.2 Å². The Kier molecular flexibility index (Phi) is 7.78. The summed E-state index contributed by atoms with van der Waals surface area (Å²) in [6.45, 7) is 12.5. The summed E-state index contributed by atoms with van der Waals surface area (Å²) in [5.74, 6) is -0.797. The normalized spacial score (nSPS) is 26.7. The van der Waals surface area contributed by atoms with Crippen LogP contribution in [0.15, 0.2) is 24.3 Å². The number of carbonyl (C=O) groups is 3. The van der Waals surface area contributed by atoms with Crippen molar-refractivity contribution >= 4 is 23.3 Å². The van der Waals surface area contributed by atoms with E-state index in [4.69, 9.17) is 10.5 Å². The molecule has 192 valence electrons. The molecule has 1 aromatic carbocycles. The van der Waals surface area contributed by atoms with Crippen molar-refractivity contribution in [2.24, 2.45) is 11.7 Å². The first kappa shape index (κ1) is 25.6. The van der Waals surface area contributed by atoms with E-state index in [0.29, 0.717) is 18.0 Å². The fraction of sp³-hybridized carbons (Fsp3) is 0.654. The second kappa shape index (κ2) is 10.6. The average molecular weight is 486 g/mol. The van der Waals surface area contributed by atoms with Gasteiger partial charge in [-0.3, -0.25) is 19.3 Å². The number of fused-ring (bicyclic) bond motifs is 1. The summed E-state index contributed by atoms with van der Waals surface area (Å²) in [6, 6.07) is 6.32. The van der Waals surface area contributed by atoms with Gasteiger partial charge in [-0.2, -0.15) is 0 Å². The van der Waals surface area contributed by atoms with Gasteiger partial charge in [-0.15, -0.1) is 0 Å². The standard InChI is InChI=1S/C26H39N5O4/c1-5-17(4)22(26(34)31-14-20(27)24-23(31)21(32)15-35-24)28-25(33)18-6-8-19(9-7-18)30-12-10-29(11-13-30)16(2)3/h6-9,16-17,20,22-24H,5,10-15,27H2,1-4H3,(H,28,33)/t17-,20-,22-,23+,24+/m0/s1. The van der Waals surface area contributed by atoms with Crippen molar-refractivity contribution in [3.63, 3.8) is 0 Å². The lowest BCUT2D eigenvalue weighted by Gasteiger charge is -2.38. The number of nitrogens with one attached hydrogen (secondary N) is 1. The summed E-state index contributed by atoms with van der Waals surface area (Å²) < 4.78 is 5.52. The Balaban J connectivity index is 1.42. The lowest BCUT2D eigenvalue weighted by Crippen LogP contribution is -2.54. The van der Waals surface area contributed by atoms with Gasteiger partial charge in [0.2, 0.25) is 5.91 Å². The van der Waals surface area contributed by atoms with Gasteiger partial charge in [0.05, 0.1) is 6.04 Å². The number of hydrogen-bond donors (Lipinski definition) is 2. The van der Waals surface area contributed by atoms with Crippen molar-refractivity contribution < 1.29 is 19.1 Å².